The van der Waals surface area contributed by atoms with E-state index in [4.69, 9.17) is 34.7 Å². The molecule has 0 aliphatic carbocycles. The smallest absolute Gasteiger partial charge is 0.127 e. The molecule has 5 heteroatoms. The first-order chi connectivity index (χ1) is 12.4. The van der Waals surface area contributed by atoms with Crippen LogP contribution in [-0.4, -0.2) is 12.6 Å². The van der Waals surface area contributed by atoms with Gasteiger partial charge in [-0.15, -0.1) is 0 Å². The van der Waals surface area contributed by atoms with Crippen molar-refractivity contribution in [1.29, 1.82) is 0 Å². The van der Waals surface area contributed by atoms with Crippen LogP contribution in [0.1, 0.15) is 53.0 Å². The molecule has 0 aromatic heterocycles. The predicted octanol–water partition coefficient (Wildman–Crippen LogP) is 6.16. The molecule has 0 saturated heterocycles. The maximum atomic E-state index is 14.9. The first-order valence-corrected chi connectivity index (χ1v) is 10.1. The molecule has 0 saturated carbocycles. The molecule has 1 aromatic carbocycles. The van der Waals surface area contributed by atoms with E-state index < -0.39 is 5.41 Å². The summed E-state index contributed by atoms with van der Waals surface area (Å²) in [6, 6.07) is 4.31. The van der Waals surface area contributed by atoms with E-state index in [1.807, 2.05) is 25.2 Å². The lowest BCUT2D eigenvalue weighted by atomic mass is 9.62. The van der Waals surface area contributed by atoms with Crippen molar-refractivity contribution >= 4 is 23.2 Å². The summed E-state index contributed by atoms with van der Waals surface area (Å²) >= 11 is 12.1. The van der Waals surface area contributed by atoms with E-state index in [0.717, 1.165) is 0 Å². The van der Waals surface area contributed by atoms with Gasteiger partial charge in [0.05, 0.1) is 0 Å². The summed E-state index contributed by atoms with van der Waals surface area (Å²) in [5, 5.41) is 1.19. The minimum atomic E-state index is -0.730. The first-order valence-electron chi connectivity index (χ1n) is 9.34. The number of rotatable bonds is 8. The molecule has 0 fully saturated rings. The molecule has 152 valence electrons. The summed E-state index contributed by atoms with van der Waals surface area (Å²) < 4.78 is 14.9. The molecule has 1 rings (SSSR count). The minimum absolute atomic E-state index is 0.00750. The highest BCUT2D eigenvalue weighted by Gasteiger charge is 2.44. The molecule has 0 amide bonds. The molecule has 0 bridgehead atoms. The van der Waals surface area contributed by atoms with Crippen LogP contribution in [-0.2, 0) is 5.41 Å². The van der Waals surface area contributed by atoms with Gasteiger partial charge in [-0.25, -0.2) is 4.39 Å². The SMILES string of the molecule is C/C(Cl)=C\C=C/CC(C)[C@@](CN)(c1cc(Cl)ccc1F)[C@@H](N)CC(C)(C)C. The molecule has 0 spiro atoms. The standard InChI is InChI=1S/C22H33Cl2FN2/c1-15(8-6-7-9-16(2)23)22(14-26,20(27)13-21(3,4)5)18-12-17(24)10-11-19(18)25/h6-7,9-12,15,20H,8,13-14,26-27H2,1-5H3/b7-6-,16-9+/t15?,20-,22-/m0/s1. The third kappa shape index (κ3) is 6.60. The maximum Gasteiger partial charge on any atom is 0.127 e. The van der Waals surface area contributed by atoms with Gasteiger partial charge >= 0.3 is 0 Å². The highest BCUT2D eigenvalue weighted by Crippen LogP contribution is 2.42. The normalized spacial score (nSPS) is 17.8. The van der Waals surface area contributed by atoms with E-state index in [2.05, 4.69) is 27.7 Å². The average molecular weight is 415 g/mol. The fraction of sp³-hybridized carbons (Fsp3) is 0.545. The van der Waals surface area contributed by atoms with Gasteiger partial charge < -0.3 is 11.5 Å². The summed E-state index contributed by atoms with van der Waals surface area (Å²) in [7, 11) is 0. The topological polar surface area (TPSA) is 52.0 Å². The van der Waals surface area contributed by atoms with Crippen LogP contribution < -0.4 is 11.5 Å². The second-order valence-corrected chi connectivity index (χ2v) is 9.59. The van der Waals surface area contributed by atoms with E-state index in [9.17, 15) is 4.39 Å². The number of halogens is 3. The lowest BCUT2D eigenvalue weighted by Crippen LogP contribution is -2.56. The summed E-state index contributed by atoms with van der Waals surface area (Å²) in [5.74, 6) is -0.311. The van der Waals surface area contributed by atoms with E-state index in [-0.39, 0.29) is 29.7 Å². The van der Waals surface area contributed by atoms with E-state index in [1.54, 1.807) is 12.1 Å². The zero-order valence-electron chi connectivity index (χ0n) is 17.0. The van der Waals surface area contributed by atoms with Crippen LogP contribution in [0.3, 0.4) is 0 Å². The first kappa shape index (κ1) is 24.2. The van der Waals surface area contributed by atoms with Crippen molar-refractivity contribution in [2.24, 2.45) is 22.8 Å². The van der Waals surface area contributed by atoms with Crippen LogP contribution in [0.2, 0.25) is 5.02 Å². The Morgan fingerprint density at radius 2 is 1.93 bits per heavy atom. The van der Waals surface area contributed by atoms with E-state index in [0.29, 0.717) is 28.5 Å². The Kier molecular flexibility index (Phi) is 9.01. The molecule has 0 aliphatic rings. The quantitative estimate of drug-likeness (QED) is 0.499. The van der Waals surface area contributed by atoms with Crippen molar-refractivity contribution < 1.29 is 4.39 Å². The van der Waals surface area contributed by atoms with E-state index >= 15 is 0 Å². The van der Waals surface area contributed by atoms with Gasteiger partial charge in [-0.1, -0.05) is 63.0 Å². The van der Waals surface area contributed by atoms with Crippen LogP contribution in [0.25, 0.3) is 0 Å². The Labute approximate surface area is 173 Å². The van der Waals surface area contributed by atoms with Gasteiger partial charge in [0.15, 0.2) is 0 Å². The van der Waals surface area contributed by atoms with Crippen molar-refractivity contribution in [3.8, 4) is 0 Å². The van der Waals surface area contributed by atoms with Crippen molar-refractivity contribution in [2.75, 3.05) is 6.54 Å². The lowest BCUT2D eigenvalue weighted by Gasteiger charge is -2.45. The minimum Gasteiger partial charge on any atom is -0.330 e. The summed E-state index contributed by atoms with van der Waals surface area (Å²) in [6.45, 7) is 10.5. The monoisotopic (exact) mass is 414 g/mol. The molecule has 0 heterocycles. The number of hydrogen-bond donors (Lipinski definition) is 2. The van der Waals surface area contributed by atoms with Crippen LogP contribution in [0.15, 0.2) is 41.5 Å². The number of allylic oxidation sites excluding steroid dienone is 4. The molecule has 4 N–H and O–H groups in total. The molecule has 27 heavy (non-hydrogen) atoms. The van der Waals surface area contributed by atoms with Gasteiger partial charge in [0.2, 0.25) is 0 Å². The molecule has 1 unspecified atom stereocenters. The third-order valence-corrected chi connectivity index (χ3v) is 5.45. The maximum absolute atomic E-state index is 14.9. The Balaban J connectivity index is 3.42. The van der Waals surface area contributed by atoms with Crippen molar-refractivity contribution in [3.05, 3.63) is 57.9 Å². The largest absolute Gasteiger partial charge is 0.330 e. The Bertz CT molecular complexity index is 675. The fourth-order valence-corrected chi connectivity index (χ4v) is 3.93. The summed E-state index contributed by atoms with van der Waals surface area (Å²) in [5.41, 5.74) is 12.8. The zero-order chi connectivity index (χ0) is 20.8. The fourth-order valence-electron chi connectivity index (χ4n) is 3.68. The third-order valence-electron chi connectivity index (χ3n) is 5.09. The van der Waals surface area contributed by atoms with Gasteiger partial charge in [-0.05, 0) is 60.9 Å². The van der Waals surface area contributed by atoms with Gasteiger partial charge in [-0.3, -0.25) is 0 Å². The van der Waals surface area contributed by atoms with Crippen LogP contribution in [0, 0.1) is 17.2 Å². The molecule has 3 atom stereocenters. The Hall–Kier alpha value is -0.870. The van der Waals surface area contributed by atoms with Crippen LogP contribution >= 0.6 is 23.2 Å². The number of nitrogens with two attached hydrogens (primary N) is 2. The molecule has 0 aliphatic heterocycles. The van der Waals surface area contributed by atoms with Crippen molar-refractivity contribution in [3.63, 3.8) is 0 Å². The van der Waals surface area contributed by atoms with Gasteiger partial charge in [0, 0.05) is 28.1 Å². The summed E-state index contributed by atoms with van der Waals surface area (Å²) in [6.07, 6.45) is 7.16. The second-order valence-electron chi connectivity index (χ2n) is 8.56. The predicted molar refractivity (Wildman–Crippen MR) is 117 cm³/mol. The van der Waals surface area contributed by atoms with Crippen molar-refractivity contribution in [1.82, 2.24) is 0 Å². The molecular weight excluding hydrogens is 382 g/mol. The molecule has 2 nitrogen and oxygen atoms in total. The van der Waals surface area contributed by atoms with Gasteiger partial charge in [-0.2, -0.15) is 0 Å². The number of benzene rings is 1. The highest BCUT2D eigenvalue weighted by atomic mass is 35.5. The van der Waals surface area contributed by atoms with Crippen LogP contribution in [0.5, 0.6) is 0 Å². The molecular formula is C22H33Cl2FN2. The zero-order valence-corrected chi connectivity index (χ0v) is 18.5. The van der Waals surface area contributed by atoms with Crippen molar-refractivity contribution in [2.45, 2.75) is 58.9 Å². The average Bonchev–Trinajstić information content (AvgIpc) is 2.54. The molecule has 0 radical (unpaired) electrons. The van der Waals surface area contributed by atoms with Gasteiger partial charge in [0.25, 0.3) is 0 Å². The molecule has 1 aromatic rings. The number of hydrogen-bond acceptors (Lipinski definition) is 2. The highest BCUT2D eigenvalue weighted by molar-refractivity contribution is 6.30. The lowest BCUT2D eigenvalue weighted by molar-refractivity contribution is 0.187. The van der Waals surface area contributed by atoms with Crippen LogP contribution in [0.4, 0.5) is 4.39 Å². The Morgan fingerprint density at radius 3 is 2.44 bits per heavy atom. The van der Waals surface area contributed by atoms with E-state index in [1.165, 1.54) is 6.07 Å². The van der Waals surface area contributed by atoms with Gasteiger partial charge in [0.1, 0.15) is 5.82 Å². The summed E-state index contributed by atoms with van der Waals surface area (Å²) in [4.78, 5) is 0. The second kappa shape index (κ2) is 10.1. The Morgan fingerprint density at radius 1 is 1.30 bits per heavy atom.